The van der Waals surface area contributed by atoms with Crippen LogP contribution in [0.1, 0.15) is 39.0 Å². The van der Waals surface area contributed by atoms with Crippen molar-refractivity contribution >= 4 is 0 Å². The number of aliphatic hydroxyl groups is 1. The average Bonchev–Trinajstić information content (AvgIpc) is 2.72. The molecule has 3 nitrogen and oxygen atoms in total. The van der Waals surface area contributed by atoms with E-state index in [2.05, 4.69) is 0 Å². The highest BCUT2D eigenvalue weighted by atomic mass is 19.4. The van der Waals surface area contributed by atoms with E-state index < -0.39 is 11.8 Å². The number of halogens is 3. The number of rotatable bonds is 3. The van der Waals surface area contributed by atoms with Gasteiger partial charge in [0.2, 0.25) is 0 Å². The lowest BCUT2D eigenvalue weighted by molar-refractivity contribution is -0.276. The Hall–Kier alpha value is -0.330. The monoisotopic (exact) mass is 293 g/mol. The number of alkyl halides is 3. The van der Waals surface area contributed by atoms with Crippen molar-refractivity contribution in [3.63, 3.8) is 0 Å². The second-order valence-corrected chi connectivity index (χ2v) is 6.89. The van der Waals surface area contributed by atoms with E-state index in [9.17, 15) is 18.3 Å². The first-order valence-electron chi connectivity index (χ1n) is 7.40. The molecule has 1 aliphatic carbocycles. The van der Waals surface area contributed by atoms with Gasteiger partial charge in [0.15, 0.2) is 5.60 Å². The van der Waals surface area contributed by atoms with Crippen LogP contribution in [0.15, 0.2) is 0 Å². The Morgan fingerprint density at radius 3 is 2.45 bits per heavy atom. The first-order valence-corrected chi connectivity index (χ1v) is 7.40. The summed E-state index contributed by atoms with van der Waals surface area (Å²) in [5.74, 6) is 0. The summed E-state index contributed by atoms with van der Waals surface area (Å²) in [6.07, 6.45) is 0.707. The number of nitrogens with zero attached hydrogens (tertiary/aromatic N) is 1. The molecule has 0 aromatic heterocycles. The van der Waals surface area contributed by atoms with Crippen molar-refractivity contribution in [1.82, 2.24) is 4.90 Å². The molecule has 1 spiro atoms. The fraction of sp³-hybridized carbons (Fsp3) is 1.00. The van der Waals surface area contributed by atoms with Gasteiger partial charge in [-0.05, 0) is 32.6 Å². The van der Waals surface area contributed by atoms with Gasteiger partial charge in [-0.15, -0.1) is 0 Å². The summed E-state index contributed by atoms with van der Waals surface area (Å²) in [7, 11) is 0. The zero-order valence-corrected chi connectivity index (χ0v) is 11.7. The molecule has 3 fully saturated rings. The third-order valence-electron chi connectivity index (χ3n) is 5.33. The first-order chi connectivity index (χ1) is 9.25. The fourth-order valence-corrected chi connectivity index (χ4v) is 4.08. The normalized spacial score (nSPS) is 36.5. The van der Waals surface area contributed by atoms with Crippen molar-refractivity contribution in [1.29, 1.82) is 0 Å². The summed E-state index contributed by atoms with van der Waals surface area (Å²) in [6, 6.07) is 0.0626. The number of β-amino-alcohol motifs (C(OH)–C–C–N with tert-alkyl or cyclic N) is 1. The van der Waals surface area contributed by atoms with Gasteiger partial charge in [0.05, 0.1) is 6.10 Å². The SMILES string of the molecule is C[C@](O)(CN1CC2(CCC2)[C@H]1[C@H]1CCCO1)C(F)(F)F. The molecule has 2 saturated heterocycles. The second-order valence-electron chi connectivity index (χ2n) is 6.89. The van der Waals surface area contributed by atoms with E-state index in [1.807, 2.05) is 0 Å². The smallest absolute Gasteiger partial charge is 0.380 e. The molecule has 116 valence electrons. The van der Waals surface area contributed by atoms with Gasteiger partial charge in [-0.1, -0.05) is 6.42 Å². The van der Waals surface area contributed by atoms with Gasteiger partial charge in [0.1, 0.15) is 0 Å². The van der Waals surface area contributed by atoms with Gasteiger partial charge in [-0.25, -0.2) is 0 Å². The van der Waals surface area contributed by atoms with Gasteiger partial charge >= 0.3 is 6.18 Å². The molecular weight excluding hydrogens is 271 g/mol. The highest BCUT2D eigenvalue weighted by Crippen LogP contribution is 2.56. The van der Waals surface area contributed by atoms with Gasteiger partial charge < -0.3 is 9.84 Å². The fourth-order valence-electron chi connectivity index (χ4n) is 4.08. The van der Waals surface area contributed by atoms with E-state index >= 15 is 0 Å². The molecule has 3 rings (SSSR count). The molecule has 0 unspecified atom stereocenters. The van der Waals surface area contributed by atoms with Crippen molar-refractivity contribution in [2.24, 2.45) is 5.41 Å². The third kappa shape index (κ3) is 2.16. The van der Waals surface area contributed by atoms with Crippen LogP contribution in [0.25, 0.3) is 0 Å². The molecule has 0 amide bonds. The Morgan fingerprint density at radius 2 is 2.00 bits per heavy atom. The van der Waals surface area contributed by atoms with Gasteiger partial charge in [-0.2, -0.15) is 13.2 Å². The molecule has 1 saturated carbocycles. The topological polar surface area (TPSA) is 32.7 Å². The molecule has 2 aliphatic heterocycles. The van der Waals surface area contributed by atoms with Crippen molar-refractivity contribution in [2.45, 2.75) is 63.0 Å². The summed E-state index contributed by atoms with van der Waals surface area (Å²) in [4.78, 5) is 1.79. The quantitative estimate of drug-likeness (QED) is 0.867. The van der Waals surface area contributed by atoms with Crippen LogP contribution in [0, 0.1) is 5.41 Å². The summed E-state index contributed by atoms with van der Waals surface area (Å²) in [5.41, 5.74) is -2.48. The third-order valence-corrected chi connectivity index (χ3v) is 5.33. The standard InChI is InChI=1S/C14H22F3NO2/c1-12(19,14(15,16)17)8-18-9-13(5-3-6-13)11(18)10-4-2-7-20-10/h10-11,19H,2-9H2,1H3/t10-,11-,12+/m1/s1. The zero-order chi connectivity index (χ0) is 14.6. The van der Waals surface area contributed by atoms with Gasteiger partial charge in [0.25, 0.3) is 0 Å². The summed E-state index contributed by atoms with van der Waals surface area (Å²) in [6.45, 7) is 1.90. The predicted octanol–water partition coefficient (Wildman–Crippen LogP) is 2.33. The Morgan fingerprint density at radius 1 is 1.30 bits per heavy atom. The van der Waals surface area contributed by atoms with E-state index in [1.165, 1.54) is 0 Å². The average molecular weight is 293 g/mol. The lowest BCUT2D eigenvalue weighted by Crippen LogP contribution is -2.73. The van der Waals surface area contributed by atoms with Gasteiger partial charge in [-0.3, -0.25) is 4.90 Å². The Bertz CT molecular complexity index is 373. The van der Waals surface area contributed by atoms with Gasteiger partial charge in [0, 0.05) is 31.2 Å². The molecule has 3 aliphatic rings. The number of ether oxygens (including phenoxy) is 1. The Kier molecular flexibility index (Phi) is 3.34. The molecule has 6 heteroatoms. The van der Waals surface area contributed by atoms with E-state index in [4.69, 9.17) is 4.74 Å². The Balaban J connectivity index is 1.70. The molecule has 20 heavy (non-hydrogen) atoms. The van der Waals surface area contributed by atoms with E-state index in [-0.39, 0.29) is 24.1 Å². The summed E-state index contributed by atoms with van der Waals surface area (Å²) < 4.78 is 44.2. The minimum absolute atomic E-state index is 0.0492. The molecule has 0 bridgehead atoms. The van der Waals surface area contributed by atoms with Crippen molar-refractivity contribution < 1.29 is 23.0 Å². The van der Waals surface area contributed by atoms with E-state index in [0.29, 0.717) is 13.2 Å². The van der Waals surface area contributed by atoms with Crippen LogP contribution in [0.5, 0.6) is 0 Å². The highest BCUT2D eigenvalue weighted by molar-refractivity contribution is 5.13. The molecule has 0 aromatic carbocycles. The lowest BCUT2D eigenvalue weighted by atomic mass is 9.56. The summed E-state index contributed by atoms with van der Waals surface area (Å²) >= 11 is 0. The Labute approximate surface area is 117 Å². The van der Waals surface area contributed by atoms with Crippen LogP contribution in [-0.4, -0.2) is 53.6 Å². The van der Waals surface area contributed by atoms with Crippen molar-refractivity contribution in [3.8, 4) is 0 Å². The zero-order valence-electron chi connectivity index (χ0n) is 11.7. The molecule has 0 aromatic rings. The van der Waals surface area contributed by atoms with Crippen molar-refractivity contribution in [2.75, 3.05) is 19.7 Å². The molecule has 1 N–H and O–H groups in total. The molecule has 2 heterocycles. The van der Waals surface area contributed by atoms with Crippen LogP contribution in [-0.2, 0) is 4.74 Å². The highest BCUT2D eigenvalue weighted by Gasteiger charge is 2.62. The molecule has 0 radical (unpaired) electrons. The van der Waals surface area contributed by atoms with E-state index in [1.54, 1.807) is 4.90 Å². The predicted molar refractivity (Wildman–Crippen MR) is 67.3 cm³/mol. The van der Waals surface area contributed by atoms with Crippen LogP contribution < -0.4 is 0 Å². The van der Waals surface area contributed by atoms with E-state index in [0.717, 1.165) is 39.0 Å². The largest absolute Gasteiger partial charge is 0.418 e. The van der Waals surface area contributed by atoms with Crippen LogP contribution in [0.2, 0.25) is 0 Å². The van der Waals surface area contributed by atoms with Crippen LogP contribution in [0.4, 0.5) is 13.2 Å². The number of hydrogen-bond acceptors (Lipinski definition) is 3. The second kappa shape index (κ2) is 4.58. The minimum atomic E-state index is -4.59. The number of likely N-dealkylation sites (tertiary alicyclic amines) is 1. The first kappa shape index (κ1) is 14.6. The van der Waals surface area contributed by atoms with Crippen LogP contribution >= 0.6 is 0 Å². The minimum Gasteiger partial charge on any atom is -0.380 e. The maximum Gasteiger partial charge on any atom is 0.418 e. The maximum absolute atomic E-state index is 12.8. The van der Waals surface area contributed by atoms with Crippen molar-refractivity contribution in [3.05, 3.63) is 0 Å². The lowest BCUT2D eigenvalue weighted by Gasteiger charge is -2.65. The number of hydrogen-bond donors (Lipinski definition) is 1. The van der Waals surface area contributed by atoms with Crippen LogP contribution in [0.3, 0.4) is 0 Å². The summed E-state index contributed by atoms with van der Waals surface area (Å²) in [5, 5.41) is 9.70. The maximum atomic E-state index is 12.8. The molecule has 3 atom stereocenters. The molecular formula is C14H22F3NO2.